The number of nitrogens with zero attached hydrogens (tertiary/aromatic N) is 2. The van der Waals surface area contributed by atoms with Gasteiger partial charge in [0, 0.05) is 32.1 Å². The summed E-state index contributed by atoms with van der Waals surface area (Å²) in [6.45, 7) is 5.86. The molecule has 2 saturated heterocycles. The summed E-state index contributed by atoms with van der Waals surface area (Å²) in [6.07, 6.45) is 2.64. The Morgan fingerprint density at radius 1 is 1.00 bits per heavy atom. The summed E-state index contributed by atoms with van der Waals surface area (Å²) in [4.78, 5) is 16.9. The molecule has 2 aromatic carbocycles. The second kappa shape index (κ2) is 9.75. The molecule has 0 bridgehead atoms. The minimum Gasteiger partial charge on any atom is -0.320 e. The Bertz CT molecular complexity index is 874. The van der Waals surface area contributed by atoms with Crippen molar-refractivity contribution in [3.63, 3.8) is 0 Å². The molecular formula is C25H32ClF2N3O. The molecule has 2 fully saturated rings. The number of hydrogen-bond acceptors (Lipinski definition) is 2. The van der Waals surface area contributed by atoms with Crippen LogP contribution >= 0.6 is 12.4 Å². The molecule has 2 atom stereocenters. The van der Waals surface area contributed by atoms with Gasteiger partial charge in [0.15, 0.2) is 0 Å². The smallest absolute Gasteiger partial charge is 0.320 e. The molecule has 7 heteroatoms. The van der Waals surface area contributed by atoms with Crippen LogP contribution in [0.4, 0.5) is 13.6 Å². The molecule has 32 heavy (non-hydrogen) atoms. The van der Waals surface area contributed by atoms with E-state index in [1.54, 1.807) is 0 Å². The van der Waals surface area contributed by atoms with Crippen LogP contribution in [0.3, 0.4) is 0 Å². The number of nitrogens with one attached hydrogen (secondary N) is 1. The van der Waals surface area contributed by atoms with Gasteiger partial charge in [-0.1, -0.05) is 30.7 Å². The lowest BCUT2D eigenvalue weighted by molar-refractivity contribution is 0.121. The quantitative estimate of drug-likeness (QED) is 0.641. The van der Waals surface area contributed by atoms with E-state index in [0.717, 1.165) is 43.5 Å². The van der Waals surface area contributed by atoms with Crippen molar-refractivity contribution >= 4 is 18.4 Å². The number of halogens is 3. The fraction of sp³-hybridized carbons (Fsp3) is 0.480. The SMILES string of the molecule is CN1C(=O)N2C(CCCC(c3ccc(F)cc3)c3ccc(F)cc3)CNCC2C1(C)C.Cl. The zero-order valence-electron chi connectivity index (χ0n) is 18.9. The Morgan fingerprint density at radius 3 is 2.06 bits per heavy atom. The lowest BCUT2D eigenvalue weighted by atomic mass is 9.86. The highest BCUT2D eigenvalue weighted by Crippen LogP contribution is 2.36. The second-order valence-electron chi connectivity index (χ2n) is 9.32. The fourth-order valence-corrected chi connectivity index (χ4v) is 5.08. The average Bonchev–Trinajstić information content (AvgIpc) is 2.94. The van der Waals surface area contributed by atoms with Crippen molar-refractivity contribution in [1.82, 2.24) is 15.1 Å². The molecule has 2 unspecified atom stereocenters. The molecule has 2 heterocycles. The number of benzene rings is 2. The van der Waals surface area contributed by atoms with E-state index in [0.29, 0.717) is 0 Å². The maximum Gasteiger partial charge on any atom is 0.320 e. The van der Waals surface area contributed by atoms with E-state index < -0.39 is 0 Å². The van der Waals surface area contributed by atoms with Crippen LogP contribution in [0.25, 0.3) is 0 Å². The molecule has 4 rings (SSSR count). The Labute approximate surface area is 195 Å². The van der Waals surface area contributed by atoms with Gasteiger partial charge >= 0.3 is 6.03 Å². The predicted molar refractivity (Wildman–Crippen MR) is 125 cm³/mol. The van der Waals surface area contributed by atoms with Crippen molar-refractivity contribution in [2.45, 2.75) is 56.7 Å². The lowest BCUT2D eigenvalue weighted by Gasteiger charge is -2.41. The third kappa shape index (κ3) is 4.62. The van der Waals surface area contributed by atoms with Crippen molar-refractivity contribution in [2.24, 2.45) is 0 Å². The first-order valence-electron chi connectivity index (χ1n) is 11.1. The molecule has 1 N–H and O–H groups in total. The highest BCUT2D eigenvalue weighted by Gasteiger charge is 2.52. The first-order valence-corrected chi connectivity index (χ1v) is 11.1. The number of urea groups is 1. The van der Waals surface area contributed by atoms with Crippen molar-refractivity contribution in [1.29, 1.82) is 0 Å². The zero-order chi connectivity index (χ0) is 22.2. The van der Waals surface area contributed by atoms with Crippen LogP contribution in [0.15, 0.2) is 48.5 Å². The number of likely N-dealkylation sites (N-methyl/N-ethyl adjacent to an activating group) is 1. The summed E-state index contributed by atoms with van der Waals surface area (Å²) in [5.41, 5.74) is 1.84. The van der Waals surface area contributed by atoms with Gasteiger partial charge in [-0.15, -0.1) is 12.4 Å². The van der Waals surface area contributed by atoms with Crippen LogP contribution in [0.5, 0.6) is 0 Å². The normalized spacial score (nSPS) is 22.1. The van der Waals surface area contributed by atoms with Gasteiger partial charge in [0.2, 0.25) is 0 Å². The van der Waals surface area contributed by atoms with E-state index in [-0.39, 0.29) is 53.6 Å². The van der Waals surface area contributed by atoms with Gasteiger partial charge in [-0.2, -0.15) is 0 Å². The van der Waals surface area contributed by atoms with Crippen LogP contribution < -0.4 is 5.32 Å². The van der Waals surface area contributed by atoms with Crippen molar-refractivity contribution < 1.29 is 13.6 Å². The summed E-state index contributed by atoms with van der Waals surface area (Å²) in [7, 11) is 1.89. The lowest BCUT2D eigenvalue weighted by Crippen LogP contribution is -2.59. The zero-order valence-corrected chi connectivity index (χ0v) is 19.7. The molecule has 2 aromatic rings. The highest BCUT2D eigenvalue weighted by molar-refractivity contribution is 5.85. The maximum atomic E-state index is 13.5. The summed E-state index contributed by atoms with van der Waals surface area (Å²) >= 11 is 0. The molecule has 4 nitrogen and oxygen atoms in total. The molecule has 0 radical (unpaired) electrons. The topological polar surface area (TPSA) is 35.6 Å². The molecule has 2 aliphatic rings. The standard InChI is InChI=1S/C25H31F2N3O.ClH/c1-25(2)23-16-28-15-21(30(23)24(31)29(25)3)5-4-6-22(17-7-11-19(26)12-8-17)18-9-13-20(27)14-10-18;/h7-14,21-23,28H,4-6,15-16H2,1-3H3;1H. The van der Waals surface area contributed by atoms with Gasteiger partial charge in [0.1, 0.15) is 11.6 Å². The summed E-state index contributed by atoms with van der Waals surface area (Å²) in [5, 5.41) is 3.51. The highest BCUT2D eigenvalue weighted by atomic mass is 35.5. The Hall–Kier alpha value is -2.18. The van der Waals surface area contributed by atoms with Gasteiger partial charge < -0.3 is 15.1 Å². The van der Waals surface area contributed by atoms with Crippen molar-refractivity contribution in [2.75, 3.05) is 20.1 Å². The van der Waals surface area contributed by atoms with E-state index in [1.807, 2.05) is 36.2 Å². The van der Waals surface area contributed by atoms with Crippen LogP contribution in [0.2, 0.25) is 0 Å². The molecule has 2 amide bonds. The fourth-order valence-electron chi connectivity index (χ4n) is 5.08. The second-order valence-corrected chi connectivity index (χ2v) is 9.32. The monoisotopic (exact) mass is 463 g/mol. The minimum absolute atomic E-state index is 0. The first-order chi connectivity index (χ1) is 14.8. The van der Waals surface area contributed by atoms with E-state index in [1.165, 1.54) is 24.3 Å². The molecule has 0 aromatic heterocycles. The summed E-state index contributed by atoms with van der Waals surface area (Å²) < 4.78 is 26.9. The minimum atomic E-state index is -0.264. The molecule has 0 aliphatic carbocycles. The van der Waals surface area contributed by atoms with Crippen LogP contribution in [-0.2, 0) is 0 Å². The number of hydrogen-bond donors (Lipinski definition) is 1. The number of rotatable bonds is 6. The van der Waals surface area contributed by atoms with Crippen LogP contribution in [-0.4, -0.2) is 53.6 Å². The van der Waals surface area contributed by atoms with Crippen molar-refractivity contribution in [3.8, 4) is 0 Å². The maximum absolute atomic E-state index is 13.5. The van der Waals surface area contributed by atoms with Crippen molar-refractivity contribution in [3.05, 3.63) is 71.3 Å². The first kappa shape index (κ1) is 24.5. The van der Waals surface area contributed by atoms with Gasteiger partial charge in [-0.05, 0) is 62.1 Å². The van der Waals surface area contributed by atoms with E-state index in [4.69, 9.17) is 0 Å². The Morgan fingerprint density at radius 2 is 1.53 bits per heavy atom. The molecule has 2 aliphatic heterocycles. The largest absolute Gasteiger partial charge is 0.320 e. The number of piperazine rings is 1. The number of amides is 2. The van der Waals surface area contributed by atoms with Gasteiger partial charge in [-0.25, -0.2) is 13.6 Å². The van der Waals surface area contributed by atoms with Crippen LogP contribution in [0, 0.1) is 11.6 Å². The predicted octanol–water partition coefficient (Wildman–Crippen LogP) is 5.18. The third-order valence-electron chi connectivity index (χ3n) is 7.21. The molecule has 0 saturated carbocycles. The van der Waals surface area contributed by atoms with Gasteiger partial charge in [0.05, 0.1) is 11.6 Å². The molecule has 0 spiro atoms. The molecular weight excluding hydrogens is 432 g/mol. The van der Waals surface area contributed by atoms with E-state index in [9.17, 15) is 13.6 Å². The average molecular weight is 464 g/mol. The molecule has 174 valence electrons. The Kier molecular flexibility index (Phi) is 7.46. The van der Waals surface area contributed by atoms with Gasteiger partial charge in [-0.3, -0.25) is 0 Å². The number of carbonyl (C=O) groups excluding carboxylic acids is 1. The van der Waals surface area contributed by atoms with Crippen LogP contribution in [0.1, 0.15) is 50.2 Å². The number of fused-ring (bicyclic) bond motifs is 1. The van der Waals surface area contributed by atoms with E-state index in [2.05, 4.69) is 24.1 Å². The summed E-state index contributed by atoms with van der Waals surface area (Å²) in [6, 6.07) is 13.6. The third-order valence-corrected chi connectivity index (χ3v) is 7.21. The summed E-state index contributed by atoms with van der Waals surface area (Å²) in [5.74, 6) is -0.470. The number of carbonyl (C=O) groups is 1. The van der Waals surface area contributed by atoms with E-state index >= 15 is 0 Å². The Balaban J connectivity index is 0.00000289. The van der Waals surface area contributed by atoms with Gasteiger partial charge in [0.25, 0.3) is 0 Å².